The number of aliphatic hydroxyl groups is 1. The van der Waals surface area contributed by atoms with Crippen molar-refractivity contribution in [3.05, 3.63) is 35.5 Å². The summed E-state index contributed by atoms with van der Waals surface area (Å²) in [6.07, 6.45) is 3.85. The van der Waals surface area contributed by atoms with Gasteiger partial charge in [-0.25, -0.2) is 4.79 Å². The molecule has 6 nitrogen and oxygen atoms in total. The molecule has 0 amide bonds. The Hall–Kier alpha value is -2.21. The van der Waals surface area contributed by atoms with Crippen molar-refractivity contribution in [2.45, 2.75) is 38.4 Å². The molecule has 124 valence electrons. The fraction of sp³-hybridized carbons (Fsp3) is 0.471. The van der Waals surface area contributed by atoms with Crippen LogP contribution in [0.5, 0.6) is 0 Å². The van der Waals surface area contributed by atoms with Gasteiger partial charge in [0.05, 0.1) is 12.0 Å². The summed E-state index contributed by atoms with van der Waals surface area (Å²) in [6, 6.07) is 0. The number of fused-ring (bicyclic) bond motifs is 1. The van der Waals surface area contributed by atoms with Crippen LogP contribution in [0.4, 0.5) is 0 Å². The number of esters is 2. The monoisotopic (exact) mass is 320 g/mol. The maximum atomic E-state index is 11.7. The van der Waals surface area contributed by atoms with Gasteiger partial charge < -0.3 is 14.6 Å². The molecule has 23 heavy (non-hydrogen) atoms. The minimum Gasteiger partial charge on any atom is -0.461 e. The van der Waals surface area contributed by atoms with Gasteiger partial charge in [-0.15, -0.1) is 0 Å². The molecule has 3 atom stereocenters. The quantitative estimate of drug-likeness (QED) is 0.364. The van der Waals surface area contributed by atoms with Gasteiger partial charge in [0.2, 0.25) is 0 Å². The maximum absolute atomic E-state index is 11.7. The van der Waals surface area contributed by atoms with Gasteiger partial charge in [-0.1, -0.05) is 18.7 Å². The van der Waals surface area contributed by atoms with Gasteiger partial charge in [-0.3, -0.25) is 9.59 Å². The summed E-state index contributed by atoms with van der Waals surface area (Å²) < 4.78 is 10.2. The molecule has 2 rings (SSSR count). The van der Waals surface area contributed by atoms with Crippen molar-refractivity contribution in [1.82, 2.24) is 0 Å². The molecule has 0 spiro atoms. The van der Waals surface area contributed by atoms with Crippen LogP contribution in [0.1, 0.15) is 26.2 Å². The Labute approximate surface area is 134 Å². The first-order valence-corrected chi connectivity index (χ1v) is 7.47. The van der Waals surface area contributed by atoms with Gasteiger partial charge in [-0.05, 0) is 24.0 Å². The van der Waals surface area contributed by atoms with Crippen molar-refractivity contribution in [3.63, 3.8) is 0 Å². The number of aliphatic hydroxyl groups excluding tert-OH is 1. The van der Waals surface area contributed by atoms with E-state index in [1.807, 2.05) is 0 Å². The summed E-state index contributed by atoms with van der Waals surface area (Å²) in [4.78, 5) is 33.9. The molecular formula is C17H20O6. The van der Waals surface area contributed by atoms with E-state index in [0.29, 0.717) is 18.4 Å². The van der Waals surface area contributed by atoms with Crippen molar-refractivity contribution >= 4 is 18.2 Å². The third-order valence-electron chi connectivity index (χ3n) is 4.02. The number of rotatable bonds is 3. The summed E-state index contributed by atoms with van der Waals surface area (Å²) >= 11 is 0. The predicted octanol–water partition coefficient (Wildman–Crippen LogP) is 1.24. The Morgan fingerprint density at radius 3 is 2.96 bits per heavy atom. The van der Waals surface area contributed by atoms with Crippen molar-refractivity contribution in [3.8, 4) is 0 Å². The molecular weight excluding hydrogens is 300 g/mol. The highest BCUT2D eigenvalue weighted by Gasteiger charge is 2.42. The second-order valence-corrected chi connectivity index (χ2v) is 5.73. The third kappa shape index (κ3) is 4.16. The number of aldehydes is 1. The Morgan fingerprint density at radius 2 is 2.30 bits per heavy atom. The van der Waals surface area contributed by atoms with Crippen LogP contribution in [0, 0.1) is 5.92 Å². The second-order valence-electron chi connectivity index (χ2n) is 5.73. The van der Waals surface area contributed by atoms with E-state index >= 15 is 0 Å². The molecule has 0 aromatic heterocycles. The highest BCUT2D eigenvalue weighted by atomic mass is 16.6. The zero-order valence-corrected chi connectivity index (χ0v) is 13.0. The van der Waals surface area contributed by atoms with E-state index in [0.717, 1.165) is 11.9 Å². The van der Waals surface area contributed by atoms with Crippen molar-refractivity contribution in [2.75, 3.05) is 6.61 Å². The van der Waals surface area contributed by atoms with Crippen molar-refractivity contribution in [2.24, 2.45) is 5.92 Å². The lowest BCUT2D eigenvalue weighted by atomic mass is 9.85. The van der Waals surface area contributed by atoms with Crippen molar-refractivity contribution in [1.29, 1.82) is 0 Å². The first-order valence-electron chi connectivity index (χ1n) is 7.47. The van der Waals surface area contributed by atoms with E-state index in [1.54, 1.807) is 12.2 Å². The van der Waals surface area contributed by atoms with Crippen LogP contribution in [0.15, 0.2) is 35.5 Å². The number of carbonyl (C=O) groups excluding carboxylic acids is 3. The Balaban J connectivity index is 2.29. The summed E-state index contributed by atoms with van der Waals surface area (Å²) in [5, 5.41) is 10.5. The Morgan fingerprint density at radius 1 is 1.57 bits per heavy atom. The van der Waals surface area contributed by atoms with Gasteiger partial charge in [0, 0.05) is 18.9 Å². The maximum Gasteiger partial charge on any atom is 0.334 e. The lowest BCUT2D eigenvalue weighted by Gasteiger charge is -2.23. The van der Waals surface area contributed by atoms with E-state index in [2.05, 4.69) is 6.58 Å². The first-order chi connectivity index (χ1) is 10.9. The first kappa shape index (κ1) is 17.1. The molecule has 1 aliphatic carbocycles. The SMILES string of the molecule is C=C1C(=O)OC2CC(C=O)=CCCC(COC(C)=O)=CC(O)C12. The van der Waals surface area contributed by atoms with Gasteiger partial charge in [-0.2, -0.15) is 0 Å². The van der Waals surface area contributed by atoms with Gasteiger partial charge >= 0.3 is 11.9 Å². The number of carbonyl (C=O) groups is 3. The third-order valence-corrected chi connectivity index (χ3v) is 4.02. The molecule has 1 aliphatic heterocycles. The molecule has 2 aliphatic rings. The average Bonchev–Trinajstić information content (AvgIpc) is 2.77. The van der Waals surface area contributed by atoms with Crippen LogP contribution < -0.4 is 0 Å². The molecule has 0 saturated carbocycles. The highest BCUT2D eigenvalue weighted by Crippen LogP contribution is 2.34. The fourth-order valence-corrected chi connectivity index (χ4v) is 2.84. The van der Waals surface area contributed by atoms with E-state index in [1.165, 1.54) is 6.92 Å². The largest absolute Gasteiger partial charge is 0.461 e. The molecule has 0 aromatic rings. The molecule has 1 saturated heterocycles. The predicted molar refractivity (Wildman–Crippen MR) is 81.2 cm³/mol. The molecule has 0 bridgehead atoms. The summed E-state index contributed by atoms with van der Waals surface area (Å²) in [6.45, 7) is 5.06. The van der Waals surface area contributed by atoms with Crippen LogP contribution >= 0.6 is 0 Å². The number of hydrogen-bond donors (Lipinski definition) is 1. The smallest absolute Gasteiger partial charge is 0.334 e. The lowest BCUT2D eigenvalue weighted by molar-refractivity contribution is -0.140. The number of hydrogen-bond acceptors (Lipinski definition) is 6. The summed E-state index contributed by atoms with van der Waals surface area (Å²) in [5.74, 6) is -1.59. The van der Waals surface area contributed by atoms with E-state index in [4.69, 9.17) is 9.47 Å². The van der Waals surface area contributed by atoms with Gasteiger partial charge in [0.1, 0.15) is 19.0 Å². The molecule has 1 heterocycles. The lowest BCUT2D eigenvalue weighted by Crippen LogP contribution is -2.29. The number of allylic oxidation sites excluding steroid dienone is 1. The Bertz CT molecular complexity index is 586. The Kier molecular flexibility index (Phi) is 5.50. The number of ether oxygens (including phenoxy) is 2. The molecule has 0 radical (unpaired) electrons. The molecule has 3 unspecified atom stereocenters. The van der Waals surface area contributed by atoms with Gasteiger partial charge in [0.25, 0.3) is 0 Å². The summed E-state index contributed by atoms with van der Waals surface area (Å²) in [5.41, 5.74) is 1.43. The van der Waals surface area contributed by atoms with Crippen LogP contribution in [0.3, 0.4) is 0 Å². The summed E-state index contributed by atoms with van der Waals surface area (Å²) in [7, 11) is 0. The molecule has 0 aromatic carbocycles. The van der Waals surface area contributed by atoms with E-state index in [9.17, 15) is 19.5 Å². The fourth-order valence-electron chi connectivity index (χ4n) is 2.84. The molecule has 1 N–H and O–H groups in total. The zero-order valence-electron chi connectivity index (χ0n) is 13.0. The zero-order chi connectivity index (χ0) is 17.0. The van der Waals surface area contributed by atoms with Crippen molar-refractivity contribution < 1.29 is 29.0 Å². The van der Waals surface area contributed by atoms with Crippen LogP contribution in [0.2, 0.25) is 0 Å². The average molecular weight is 320 g/mol. The molecule has 6 heteroatoms. The minimum absolute atomic E-state index is 0.0648. The second kappa shape index (κ2) is 7.37. The van der Waals surface area contributed by atoms with Crippen LogP contribution in [0.25, 0.3) is 0 Å². The topological polar surface area (TPSA) is 89.9 Å². The van der Waals surface area contributed by atoms with Crippen LogP contribution in [-0.4, -0.2) is 42.1 Å². The van der Waals surface area contributed by atoms with E-state index in [-0.39, 0.29) is 18.6 Å². The van der Waals surface area contributed by atoms with E-state index < -0.39 is 30.1 Å². The standard InChI is InChI=1S/C17H20O6/c1-10-16-14(20)6-13(9-22-11(2)19)5-3-4-12(8-18)7-15(16)23-17(10)21/h4,6,8,14-16,20H,1,3,5,7,9H2,2H3. The molecule has 1 fully saturated rings. The highest BCUT2D eigenvalue weighted by molar-refractivity contribution is 5.91. The van der Waals surface area contributed by atoms with Crippen LogP contribution in [-0.2, 0) is 23.9 Å². The minimum atomic E-state index is -0.990. The normalized spacial score (nSPS) is 28.2. The van der Waals surface area contributed by atoms with Gasteiger partial charge in [0.15, 0.2) is 0 Å².